The summed E-state index contributed by atoms with van der Waals surface area (Å²) >= 11 is 5.71. The first kappa shape index (κ1) is 13.4. The maximum absolute atomic E-state index is 10.2. The normalized spacial score (nSPS) is 9.00. The molecule has 1 rings (SSSR count). The maximum Gasteiger partial charge on any atom is 0.341 e. The van der Waals surface area contributed by atoms with Gasteiger partial charge in [-0.15, -0.1) is 0 Å². The smallest absolute Gasteiger partial charge is 0.341 e. The van der Waals surface area contributed by atoms with E-state index in [1.807, 2.05) is 6.92 Å². The van der Waals surface area contributed by atoms with Gasteiger partial charge in [0.15, 0.2) is 6.61 Å². The van der Waals surface area contributed by atoms with Crippen LogP contribution in [0.5, 0.6) is 5.75 Å². The van der Waals surface area contributed by atoms with E-state index in [0.29, 0.717) is 10.8 Å². The standard InChI is InChI=1S/C9H9ClO3.Li/c1-6-4-7(10)2-3-8(6)13-5-9(11)12;/h2-4H,5H2,1H3,(H,11,12);. The number of carbonyl (C=O) groups is 1. The summed E-state index contributed by atoms with van der Waals surface area (Å²) in [6.45, 7) is 1.48. The Hall–Kier alpha value is -0.623. The third kappa shape index (κ3) is 4.06. The molecular weight excluding hydrogens is 198 g/mol. The van der Waals surface area contributed by atoms with Gasteiger partial charge >= 0.3 is 5.97 Å². The van der Waals surface area contributed by atoms with Gasteiger partial charge in [-0.05, 0) is 30.7 Å². The van der Waals surface area contributed by atoms with Crippen molar-refractivity contribution >= 4 is 36.4 Å². The third-order valence-corrected chi connectivity index (χ3v) is 1.72. The molecule has 0 aliphatic carbocycles. The molecule has 0 aliphatic rings. The van der Waals surface area contributed by atoms with Crippen LogP contribution in [0.2, 0.25) is 5.02 Å². The van der Waals surface area contributed by atoms with E-state index in [9.17, 15) is 4.79 Å². The van der Waals surface area contributed by atoms with E-state index in [0.717, 1.165) is 5.56 Å². The fourth-order valence-corrected chi connectivity index (χ4v) is 1.14. The van der Waals surface area contributed by atoms with E-state index in [-0.39, 0.29) is 25.5 Å². The van der Waals surface area contributed by atoms with E-state index < -0.39 is 5.97 Å². The van der Waals surface area contributed by atoms with Crippen LogP contribution in [-0.2, 0) is 4.79 Å². The average Bonchev–Trinajstić information content (AvgIpc) is 2.02. The summed E-state index contributed by atoms with van der Waals surface area (Å²) in [6.07, 6.45) is 0. The number of hydrogen-bond acceptors (Lipinski definition) is 2. The van der Waals surface area contributed by atoms with Gasteiger partial charge in [-0.2, -0.15) is 0 Å². The van der Waals surface area contributed by atoms with Crippen molar-refractivity contribution in [2.24, 2.45) is 0 Å². The van der Waals surface area contributed by atoms with Crippen LogP contribution in [0.15, 0.2) is 18.2 Å². The topological polar surface area (TPSA) is 46.5 Å². The van der Waals surface area contributed by atoms with Gasteiger partial charge in [0, 0.05) is 23.9 Å². The second kappa shape index (κ2) is 5.97. The number of aryl methyl sites for hydroxylation is 1. The van der Waals surface area contributed by atoms with Gasteiger partial charge in [-0.3, -0.25) is 0 Å². The first-order valence-electron chi connectivity index (χ1n) is 3.70. The second-order valence-corrected chi connectivity index (χ2v) is 3.03. The van der Waals surface area contributed by atoms with Gasteiger partial charge in [-0.25, -0.2) is 4.79 Å². The van der Waals surface area contributed by atoms with E-state index in [1.54, 1.807) is 18.2 Å². The maximum atomic E-state index is 10.2. The zero-order valence-corrected chi connectivity index (χ0v) is 8.84. The Balaban J connectivity index is 0.00000169. The van der Waals surface area contributed by atoms with Crippen LogP contribution in [-0.4, -0.2) is 36.5 Å². The number of ether oxygens (including phenoxy) is 1. The van der Waals surface area contributed by atoms with Gasteiger partial charge < -0.3 is 9.84 Å². The molecule has 0 aromatic heterocycles. The van der Waals surface area contributed by atoms with E-state index >= 15 is 0 Å². The molecular formula is C9H9ClLiO3. The van der Waals surface area contributed by atoms with E-state index in [1.165, 1.54) is 0 Å². The minimum absolute atomic E-state index is 0. The Labute approximate surface area is 99.2 Å². The SMILES string of the molecule is Cc1cc(Cl)ccc1OCC(=O)O.[Li]. The van der Waals surface area contributed by atoms with Crippen LogP contribution < -0.4 is 4.74 Å². The molecule has 1 aromatic rings. The Morgan fingerprint density at radius 2 is 2.21 bits per heavy atom. The number of rotatable bonds is 3. The molecule has 0 spiro atoms. The summed E-state index contributed by atoms with van der Waals surface area (Å²) in [7, 11) is 0. The number of carboxylic acid groups (broad SMARTS) is 1. The average molecular weight is 208 g/mol. The molecule has 1 N–H and O–H groups in total. The largest absolute Gasteiger partial charge is 0.482 e. The fourth-order valence-electron chi connectivity index (χ4n) is 0.914. The number of carboxylic acids is 1. The summed E-state index contributed by atoms with van der Waals surface area (Å²) in [5.41, 5.74) is 0.828. The van der Waals surface area contributed by atoms with Gasteiger partial charge in [0.25, 0.3) is 0 Å². The molecule has 0 unspecified atom stereocenters. The summed E-state index contributed by atoms with van der Waals surface area (Å²) in [6, 6.07) is 5.03. The zero-order valence-electron chi connectivity index (χ0n) is 8.08. The molecule has 0 bridgehead atoms. The Morgan fingerprint density at radius 1 is 1.57 bits per heavy atom. The Bertz CT molecular complexity index is 328. The van der Waals surface area contributed by atoms with Crippen LogP contribution in [0.4, 0.5) is 0 Å². The predicted octanol–water partition coefficient (Wildman–Crippen LogP) is 1.73. The van der Waals surface area contributed by atoms with Crippen molar-refractivity contribution in [3.63, 3.8) is 0 Å². The number of hydrogen-bond donors (Lipinski definition) is 1. The van der Waals surface area contributed by atoms with Crippen molar-refractivity contribution in [1.29, 1.82) is 0 Å². The quantitative estimate of drug-likeness (QED) is 0.768. The van der Waals surface area contributed by atoms with Crippen molar-refractivity contribution in [2.75, 3.05) is 6.61 Å². The fraction of sp³-hybridized carbons (Fsp3) is 0.222. The molecule has 0 aliphatic heterocycles. The van der Waals surface area contributed by atoms with Gasteiger partial charge in [0.05, 0.1) is 0 Å². The predicted molar refractivity (Wildman–Crippen MR) is 55.1 cm³/mol. The van der Waals surface area contributed by atoms with Crippen LogP contribution in [0.1, 0.15) is 5.56 Å². The molecule has 0 heterocycles. The molecule has 0 saturated heterocycles. The molecule has 14 heavy (non-hydrogen) atoms. The molecule has 1 radical (unpaired) electrons. The molecule has 0 amide bonds. The van der Waals surface area contributed by atoms with Gasteiger partial charge in [0.1, 0.15) is 5.75 Å². The molecule has 0 fully saturated rings. The van der Waals surface area contributed by atoms with E-state index in [2.05, 4.69) is 0 Å². The van der Waals surface area contributed by atoms with Crippen LogP contribution in [0.3, 0.4) is 0 Å². The van der Waals surface area contributed by atoms with Crippen molar-refractivity contribution in [3.05, 3.63) is 28.8 Å². The van der Waals surface area contributed by atoms with Crippen molar-refractivity contribution in [2.45, 2.75) is 6.92 Å². The first-order valence-corrected chi connectivity index (χ1v) is 4.08. The van der Waals surface area contributed by atoms with Crippen LogP contribution >= 0.6 is 11.6 Å². The van der Waals surface area contributed by atoms with Crippen molar-refractivity contribution in [3.8, 4) is 5.75 Å². The van der Waals surface area contributed by atoms with Crippen LogP contribution in [0, 0.1) is 6.92 Å². The number of aliphatic carboxylic acids is 1. The molecule has 71 valence electrons. The second-order valence-electron chi connectivity index (χ2n) is 2.59. The van der Waals surface area contributed by atoms with E-state index in [4.69, 9.17) is 21.4 Å². The summed E-state index contributed by atoms with van der Waals surface area (Å²) in [4.78, 5) is 10.2. The van der Waals surface area contributed by atoms with Gasteiger partial charge in [-0.1, -0.05) is 11.6 Å². The third-order valence-electron chi connectivity index (χ3n) is 1.49. The minimum Gasteiger partial charge on any atom is -0.482 e. The molecule has 1 aromatic carbocycles. The van der Waals surface area contributed by atoms with Crippen LogP contribution in [0.25, 0.3) is 0 Å². The van der Waals surface area contributed by atoms with Crippen molar-refractivity contribution in [1.82, 2.24) is 0 Å². The molecule has 0 atom stereocenters. The Morgan fingerprint density at radius 3 is 2.71 bits per heavy atom. The zero-order chi connectivity index (χ0) is 9.84. The molecule has 3 nitrogen and oxygen atoms in total. The molecule has 0 saturated carbocycles. The molecule has 5 heteroatoms. The monoisotopic (exact) mass is 207 g/mol. The summed E-state index contributed by atoms with van der Waals surface area (Å²) in [5, 5.41) is 8.98. The number of benzene rings is 1. The summed E-state index contributed by atoms with van der Waals surface area (Å²) in [5.74, 6) is -0.443. The van der Waals surface area contributed by atoms with Gasteiger partial charge in [0.2, 0.25) is 0 Å². The number of halogens is 1. The van der Waals surface area contributed by atoms with Crippen molar-refractivity contribution < 1.29 is 14.6 Å². The Kier molecular flexibility index (Phi) is 5.71. The summed E-state index contributed by atoms with van der Waals surface area (Å²) < 4.78 is 5.00. The minimum atomic E-state index is -0.991. The first-order chi connectivity index (χ1) is 6.09.